The van der Waals surface area contributed by atoms with E-state index in [1.807, 2.05) is 66.7 Å². The maximum absolute atomic E-state index is 12.0. The lowest BCUT2D eigenvalue weighted by Gasteiger charge is -2.13. The smallest absolute Gasteiger partial charge is 0.253 e. The minimum Gasteiger partial charge on any atom is -0.487 e. The van der Waals surface area contributed by atoms with Crippen molar-refractivity contribution < 1.29 is 9.53 Å². The first-order chi connectivity index (χ1) is 15.5. The Morgan fingerprint density at radius 2 is 1.55 bits per heavy atom. The van der Waals surface area contributed by atoms with E-state index >= 15 is 0 Å². The molecule has 33 heavy (non-hydrogen) atoms. The van der Waals surface area contributed by atoms with Gasteiger partial charge in [0.1, 0.15) is 12.4 Å². The number of nitrogens with zero attached hydrogens (tertiary/aromatic N) is 3. The second kappa shape index (κ2) is 13.4. The summed E-state index contributed by atoms with van der Waals surface area (Å²) >= 11 is 0. The van der Waals surface area contributed by atoms with E-state index < -0.39 is 0 Å². The summed E-state index contributed by atoms with van der Waals surface area (Å²) in [6.07, 6.45) is 1.76. The van der Waals surface area contributed by atoms with Crippen LogP contribution in [0.2, 0.25) is 0 Å². The molecule has 1 heterocycles. The van der Waals surface area contributed by atoms with Crippen molar-refractivity contribution in [2.45, 2.75) is 19.7 Å². The summed E-state index contributed by atoms with van der Waals surface area (Å²) in [4.78, 5) is 22.1. The van der Waals surface area contributed by atoms with Crippen molar-refractivity contribution >= 4 is 35.8 Å². The zero-order chi connectivity index (χ0) is 22.8. The first-order valence-electron chi connectivity index (χ1n) is 10.4. The van der Waals surface area contributed by atoms with Crippen LogP contribution >= 0.6 is 24.0 Å². The number of aliphatic imine (C=N–C) groups is 1. The number of carbonyl (C=O) groups excluding carboxylic acids is 1. The topological polar surface area (TPSA) is 78.9 Å². The van der Waals surface area contributed by atoms with E-state index in [2.05, 4.69) is 20.6 Å². The first kappa shape index (κ1) is 26.1. The van der Waals surface area contributed by atoms with Gasteiger partial charge in [-0.25, -0.2) is 0 Å². The molecule has 0 radical (unpaired) electrons. The Morgan fingerprint density at radius 3 is 2.06 bits per heavy atom. The number of amides is 1. The highest BCUT2D eigenvalue weighted by atomic mass is 127. The Bertz CT molecular complexity index is 1020. The number of ether oxygens (including phenoxy) is 1. The van der Waals surface area contributed by atoms with Crippen LogP contribution in [-0.2, 0) is 19.7 Å². The van der Waals surface area contributed by atoms with Crippen LogP contribution in [0.1, 0.15) is 27.2 Å². The van der Waals surface area contributed by atoms with Crippen LogP contribution in [0.15, 0.2) is 77.9 Å². The molecular formula is C25H30IN5O2. The minimum atomic E-state index is -0.00450. The van der Waals surface area contributed by atoms with E-state index in [0.717, 1.165) is 22.6 Å². The van der Waals surface area contributed by atoms with Crippen molar-refractivity contribution in [1.29, 1.82) is 0 Å². The summed E-state index contributed by atoms with van der Waals surface area (Å²) in [5.41, 5.74) is 3.75. The van der Waals surface area contributed by atoms with E-state index in [-0.39, 0.29) is 29.9 Å². The van der Waals surface area contributed by atoms with Crippen LogP contribution in [0, 0.1) is 0 Å². The average Bonchev–Trinajstić information content (AvgIpc) is 2.84. The lowest BCUT2D eigenvalue weighted by atomic mass is 10.1. The number of nitrogens with one attached hydrogen (secondary N) is 2. The van der Waals surface area contributed by atoms with Crippen molar-refractivity contribution in [1.82, 2.24) is 20.5 Å². The van der Waals surface area contributed by atoms with Gasteiger partial charge in [-0.2, -0.15) is 0 Å². The SMILES string of the molecule is CN=C(NCc1ccc(OCc2ccccn2)cc1)NCc1ccc(C(=O)N(C)C)cc1.I. The molecule has 1 amide bonds. The minimum absolute atomic E-state index is 0. The number of rotatable bonds is 8. The molecule has 0 saturated heterocycles. The van der Waals surface area contributed by atoms with Gasteiger partial charge in [0.2, 0.25) is 0 Å². The summed E-state index contributed by atoms with van der Waals surface area (Å²) in [5, 5.41) is 6.59. The summed E-state index contributed by atoms with van der Waals surface area (Å²) in [6.45, 7) is 1.69. The van der Waals surface area contributed by atoms with Crippen LogP contribution in [0.3, 0.4) is 0 Å². The number of aromatic nitrogens is 1. The normalized spacial score (nSPS) is 10.7. The molecule has 3 aromatic rings. The molecule has 1 aromatic heterocycles. The van der Waals surface area contributed by atoms with Crippen molar-refractivity contribution in [2.24, 2.45) is 4.99 Å². The summed E-state index contributed by atoms with van der Waals surface area (Å²) in [7, 11) is 5.23. The molecule has 0 bridgehead atoms. The lowest BCUT2D eigenvalue weighted by Crippen LogP contribution is -2.36. The molecule has 8 heteroatoms. The maximum Gasteiger partial charge on any atom is 0.253 e. The number of guanidine groups is 1. The van der Waals surface area contributed by atoms with Gasteiger partial charge in [-0.1, -0.05) is 30.3 Å². The zero-order valence-corrected chi connectivity index (χ0v) is 21.4. The number of benzene rings is 2. The van der Waals surface area contributed by atoms with E-state index in [0.29, 0.717) is 31.2 Å². The van der Waals surface area contributed by atoms with Crippen molar-refractivity contribution in [3.8, 4) is 5.75 Å². The van der Waals surface area contributed by atoms with Gasteiger partial charge in [-0.15, -0.1) is 24.0 Å². The number of hydrogen-bond donors (Lipinski definition) is 2. The predicted octanol–water partition coefficient (Wildman–Crippen LogP) is 3.85. The van der Waals surface area contributed by atoms with Crippen molar-refractivity contribution in [2.75, 3.05) is 21.1 Å². The molecule has 0 aliphatic heterocycles. The van der Waals surface area contributed by atoms with E-state index in [1.165, 1.54) is 0 Å². The Morgan fingerprint density at radius 1 is 0.939 bits per heavy atom. The molecule has 0 fully saturated rings. The second-order valence-electron chi connectivity index (χ2n) is 7.43. The lowest BCUT2D eigenvalue weighted by molar-refractivity contribution is 0.0827. The summed E-state index contributed by atoms with van der Waals surface area (Å²) < 4.78 is 5.77. The highest BCUT2D eigenvalue weighted by Gasteiger charge is 2.07. The third-order valence-corrected chi connectivity index (χ3v) is 4.79. The van der Waals surface area contributed by atoms with Gasteiger partial charge in [0.05, 0.1) is 5.69 Å². The second-order valence-corrected chi connectivity index (χ2v) is 7.43. The maximum atomic E-state index is 12.0. The molecular weight excluding hydrogens is 529 g/mol. The van der Waals surface area contributed by atoms with Gasteiger partial charge in [-0.3, -0.25) is 14.8 Å². The van der Waals surface area contributed by atoms with Gasteiger partial charge in [0.15, 0.2) is 5.96 Å². The van der Waals surface area contributed by atoms with Gasteiger partial charge in [0.25, 0.3) is 5.91 Å². The molecule has 174 valence electrons. The fraction of sp³-hybridized carbons (Fsp3) is 0.240. The van der Waals surface area contributed by atoms with E-state index in [4.69, 9.17) is 4.74 Å². The fourth-order valence-electron chi connectivity index (χ4n) is 2.96. The molecule has 0 unspecified atom stereocenters. The van der Waals surface area contributed by atoms with E-state index in [9.17, 15) is 4.79 Å². The molecule has 3 rings (SSSR count). The Labute approximate surface area is 212 Å². The zero-order valence-electron chi connectivity index (χ0n) is 19.1. The van der Waals surface area contributed by atoms with Crippen LogP contribution in [0.25, 0.3) is 0 Å². The van der Waals surface area contributed by atoms with Crippen LogP contribution in [0.5, 0.6) is 5.75 Å². The summed E-state index contributed by atoms with van der Waals surface area (Å²) in [6, 6.07) is 21.3. The number of halogens is 1. The number of pyridine rings is 1. The third-order valence-electron chi connectivity index (χ3n) is 4.79. The molecule has 2 aromatic carbocycles. The number of hydrogen-bond acceptors (Lipinski definition) is 4. The van der Waals surface area contributed by atoms with E-state index in [1.54, 1.807) is 32.2 Å². The fourth-order valence-corrected chi connectivity index (χ4v) is 2.96. The molecule has 7 nitrogen and oxygen atoms in total. The molecule has 0 aliphatic rings. The Kier molecular flexibility index (Phi) is 10.6. The Balaban J connectivity index is 0.00000385. The molecule has 0 spiro atoms. The van der Waals surface area contributed by atoms with Crippen molar-refractivity contribution in [3.05, 3.63) is 95.3 Å². The van der Waals surface area contributed by atoms with Crippen LogP contribution in [-0.4, -0.2) is 42.9 Å². The Hall–Kier alpha value is -3.14. The average molecular weight is 559 g/mol. The van der Waals surface area contributed by atoms with Crippen LogP contribution in [0.4, 0.5) is 0 Å². The third kappa shape index (κ3) is 8.38. The van der Waals surface area contributed by atoms with Crippen LogP contribution < -0.4 is 15.4 Å². The van der Waals surface area contributed by atoms with Gasteiger partial charge < -0.3 is 20.3 Å². The van der Waals surface area contributed by atoms with Gasteiger partial charge in [-0.05, 0) is 47.5 Å². The molecule has 2 N–H and O–H groups in total. The highest BCUT2D eigenvalue weighted by Crippen LogP contribution is 2.13. The predicted molar refractivity (Wildman–Crippen MR) is 142 cm³/mol. The first-order valence-corrected chi connectivity index (χ1v) is 10.4. The molecule has 0 saturated carbocycles. The van der Waals surface area contributed by atoms with Crippen molar-refractivity contribution in [3.63, 3.8) is 0 Å². The highest BCUT2D eigenvalue weighted by molar-refractivity contribution is 14.0. The quantitative estimate of drug-likeness (QED) is 0.249. The number of carbonyl (C=O) groups is 1. The monoisotopic (exact) mass is 559 g/mol. The van der Waals surface area contributed by atoms with Gasteiger partial charge in [0, 0.05) is 46.0 Å². The molecule has 0 aliphatic carbocycles. The van der Waals surface area contributed by atoms with Gasteiger partial charge >= 0.3 is 0 Å². The summed E-state index contributed by atoms with van der Waals surface area (Å²) in [5.74, 6) is 1.50. The largest absolute Gasteiger partial charge is 0.487 e. The standard InChI is InChI=1S/C25H29N5O2.HI/c1-26-25(28-16-19-7-11-21(12-8-19)24(31)30(2)3)29-17-20-9-13-23(14-10-20)32-18-22-6-4-5-15-27-22;/h4-15H,16-18H2,1-3H3,(H2,26,28,29);1H. The molecule has 0 atom stereocenters.